The number of halogens is 1. The Balaban J connectivity index is 1.63. The van der Waals surface area contributed by atoms with E-state index in [9.17, 15) is 9.59 Å². The van der Waals surface area contributed by atoms with Gasteiger partial charge in [-0.25, -0.2) is 0 Å². The Morgan fingerprint density at radius 3 is 2.72 bits per heavy atom. The van der Waals surface area contributed by atoms with Gasteiger partial charge in [-0.3, -0.25) is 9.59 Å². The topological polar surface area (TPSA) is 67.9 Å². The Morgan fingerprint density at radius 1 is 1.16 bits per heavy atom. The average Bonchev–Trinajstić information content (AvgIpc) is 3.05. The third-order valence-corrected chi connectivity index (χ3v) is 3.99. The van der Waals surface area contributed by atoms with Crippen molar-refractivity contribution in [3.05, 3.63) is 53.1 Å². The summed E-state index contributed by atoms with van der Waals surface area (Å²) in [4.78, 5) is 25.7. The summed E-state index contributed by atoms with van der Waals surface area (Å²) in [6.45, 7) is 2.29. The van der Waals surface area contributed by atoms with Crippen LogP contribution >= 0.6 is 11.6 Å². The summed E-state index contributed by atoms with van der Waals surface area (Å²) in [5.41, 5.74) is 1.17. The van der Waals surface area contributed by atoms with E-state index in [1.165, 1.54) is 6.92 Å². The van der Waals surface area contributed by atoms with Crippen LogP contribution in [0.2, 0.25) is 5.02 Å². The summed E-state index contributed by atoms with van der Waals surface area (Å²) in [5.74, 6) is 0.890. The van der Waals surface area contributed by atoms with Crippen LogP contribution in [0.4, 0.5) is 5.69 Å². The molecule has 6 nitrogen and oxygen atoms in total. The van der Waals surface area contributed by atoms with Crippen LogP contribution < -0.4 is 19.7 Å². The lowest BCUT2D eigenvalue weighted by atomic mass is 10.2. The van der Waals surface area contributed by atoms with E-state index in [1.54, 1.807) is 47.4 Å². The standard InChI is InChI=1S/C18H17ClN2O4/c1-12(22)21(15-5-6-16-17(10-15)25-11-24-16)8-7-20-18(23)13-3-2-4-14(19)9-13/h2-6,9-10H,7-8,11H2,1H3,(H,20,23). The summed E-state index contributed by atoms with van der Waals surface area (Å²) >= 11 is 5.89. The predicted molar refractivity (Wildman–Crippen MR) is 94.4 cm³/mol. The Hall–Kier alpha value is -2.73. The SMILES string of the molecule is CC(=O)N(CCNC(=O)c1cccc(Cl)c1)c1ccc2c(c1)OCO2. The maximum Gasteiger partial charge on any atom is 0.251 e. The molecule has 1 aliphatic heterocycles. The number of nitrogens with zero attached hydrogens (tertiary/aromatic N) is 1. The van der Waals surface area contributed by atoms with Crippen LogP contribution in [0.1, 0.15) is 17.3 Å². The van der Waals surface area contributed by atoms with E-state index < -0.39 is 0 Å². The minimum atomic E-state index is -0.239. The zero-order valence-electron chi connectivity index (χ0n) is 13.6. The highest BCUT2D eigenvalue weighted by Gasteiger charge is 2.18. The molecule has 0 saturated heterocycles. The van der Waals surface area contributed by atoms with E-state index in [4.69, 9.17) is 21.1 Å². The van der Waals surface area contributed by atoms with Gasteiger partial charge in [0, 0.05) is 42.4 Å². The Labute approximate surface area is 150 Å². The molecule has 0 atom stereocenters. The molecular weight excluding hydrogens is 344 g/mol. The van der Waals surface area contributed by atoms with Gasteiger partial charge in [0.1, 0.15) is 0 Å². The van der Waals surface area contributed by atoms with E-state index in [0.717, 1.165) is 0 Å². The van der Waals surface area contributed by atoms with Crippen molar-refractivity contribution in [2.24, 2.45) is 0 Å². The van der Waals surface area contributed by atoms with Gasteiger partial charge < -0.3 is 19.7 Å². The van der Waals surface area contributed by atoms with Gasteiger partial charge in [0.05, 0.1) is 0 Å². The number of anilines is 1. The normalized spacial score (nSPS) is 11.9. The summed E-state index contributed by atoms with van der Waals surface area (Å²) in [5, 5.41) is 3.28. The van der Waals surface area contributed by atoms with Gasteiger partial charge in [-0.1, -0.05) is 17.7 Å². The van der Waals surface area contributed by atoms with Gasteiger partial charge in [-0.05, 0) is 30.3 Å². The molecule has 2 aromatic rings. The molecule has 0 radical (unpaired) electrons. The first-order chi connectivity index (χ1) is 12.0. The molecule has 2 aromatic carbocycles. The van der Waals surface area contributed by atoms with Crippen molar-refractivity contribution >= 4 is 29.1 Å². The van der Waals surface area contributed by atoms with Gasteiger partial charge in [0.25, 0.3) is 5.91 Å². The maximum atomic E-state index is 12.1. The van der Waals surface area contributed by atoms with Gasteiger partial charge in [-0.15, -0.1) is 0 Å². The van der Waals surface area contributed by atoms with Crippen LogP contribution in [0, 0.1) is 0 Å². The van der Waals surface area contributed by atoms with E-state index in [2.05, 4.69) is 5.32 Å². The fourth-order valence-corrected chi connectivity index (χ4v) is 2.72. The van der Waals surface area contributed by atoms with Gasteiger partial charge in [-0.2, -0.15) is 0 Å². The molecular formula is C18H17ClN2O4. The van der Waals surface area contributed by atoms with Gasteiger partial charge in [0.2, 0.25) is 12.7 Å². The second-order valence-corrected chi connectivity index (χ2v) is 5.91. The second kappa shape index (κ2) is 7.44. The smallest absolute Gasteiger partial charge is 0.251 e. The van der Waals surface area contributed by atoms with Crippen LogP contribution in [-0.4, -0.2) is 31.7 Å². The predicted octanol–water partition coefficient (Wildman–Crippen LogP) is 2.85. The van der Waals surface area contributed by atoms with E-state index >= 15 is 0 Å². The molecule has 1 aliphatic rings. The second-order valence-electron chi connectivity index (χ2n) is 5.47. The molecule has 0 unspecified atom stereocenters. The lowest BCUT2D eigenvalue weighted by molar-refractivity contribution is -0.116. The molecule has 1 heterocycles. The molecule has 25 heavy (non-hydrogen) atoms. The van der Waals surface area contributed by atoms with E-state index in [0.29, 0.717) is 40.9 Å². The van der Waals surface area contributed by atoms with Gasteiger partial charge in [0.15, 0.2) is 11.5 Å². The fourth-order valence-electron chi connectivity index (χ4n) is 2.53. The number of carbonyl (C=O) groups is 2. The molecule has 2 amide bonds. The molecule has 0 spiro atoms. The number of rotatable bonds is 5. The number of nitrogens with one attached hydrogen (secondary N) is 1. The van der Waals surface area contributed by atoms with E-state index in [1.807, 2.05) is 0 Å². The zero-order chi connectivity index (χ0) is 17.8. The average molecular weight is 361 g/mol. The molecule has 0 saturated carbocycles. The molecule has 0 aromatic heterocycles. The Morgan fingerprint density at radius 2 is 1.96 bits per heavy atom. The first-order valence-electron chi connectivity index (χ1n) is 7.76. The van der Waals surface area contributed by atoms with Crippen molar-refractivity contribution in [1.29, 1.82) is 0 Å². The lowest BCUT2D eigenvalue weighted by Crippen LogP contribution is -2.37. The van der Waals surface area contributed by atoms with Crippen molar-refractivity contribution < 1.29 is 19.1 Å². The summed E-state index contributed by atoms with van der Waals surface area (Å²) in [6.07, 6.45) is 0. The zero-order valence-corrected chi connectivity index (χ0v) is 14.4. The largest absolute Gasteiger partial charge is 0.454 e. The lowest BCUT2D eigenvalue weighted by Gasteiger charge is -2.21. The molecule has 1 N–H and O–H groups in total. The third kappa shape index (κ3) is 4.03. The summed E-state index contributed by atoms with van der Waals surface area (Å²) in [6, 6.07) is 12.0. The number of fused-ring (bicyclic) bond motifs is 1. The first-order valence-corrected chi connectivity index (χ1v) is 8.14. The number of hydrogen-bond acceptors (Lipinski definition) is 4. The quantitative estimate of drug-likeness (QED) is 0.890. The summed E-state index contributed by atoms with van der Waals surface area (Å²) in [7, 11) is 0. The van der Waals surface area contributed by atoms with Crippen LogP contribution in [0.5, 0.6) is 11.5 Å². The molecule has 130 valence electrons. The van der Waals surface area contributed by atoms with Crippen LogP contribution in [0.3, 0.4) is 0 Å². The first kappa shape index (κ1) is 17.1. The number of carbonyl (C=O) groups excluding carboxylic acids is 2. The molecule has 7 heteroatoms. The minimum Gasteiger partial charge on any atom is -0.454 e. The number of benzene rings is 2. The van der Waals surface area contributed by atoms with Crippen molar-refractivity contribution in [2.75, 3.05) is 24.8 Å². The van der Waals surface area contributed by atoms with Gasteiger partial charge >= 0.3 is 0 Å². The fraction of sp³-hybridized carbons (Fsp3) is 0.222. The minimum absolute atomic E-state index is 0.129. The number of hydrogen-bond donors (Lipinski definition) is 1. The molecule has 0 bridgehead atoms. The molecule has 0 fully saturated rings. The van der Waals surface area contributed by atoms with E-state index in [-0.39, 0.29) is 18.6 Å². The van der Waals surface area contributed by atoms with Crippen LogP contribution in [0.15, 0.2) is 42.5 Å². The van der Waals surface area contributed by atoms with Crippen molar-refractivity contribution in [3.8, 4) is 11.5 Å². The highest BCUT2D eigenvalue weighted by atomic mass is 35.5. The number of ether oxygens (including phenoxy) is 2. The maximum absolute atomic E-state index is 12.1. The van der Waals surface area contributed by atoms with Crippen molar-refractivity contribution in [3.63, 3.8) is 0 Å². The van der Waals surface area contributed by atoms with Crippen LogP contribution in [0.25, 0.3) is 0 Å². The monoisotopic (exact) mass is 360 g/mol. The number of amides is 2. The Bertz CT molecular complexity index is 809. The highest BCUT2D eigenvalue weighted by molar-refractivity contribution is 6.30. The Kier molecular flexibility index (Phi) is 5.09. The molecule has 3 rings (SSSR count). The highest BCUT2D eigenvalue weighted by Crippen LogP contribution is 2.35. The van der Waals surface area contributed by atoms with Crippen molar-refractivity contribution in [1.82, 2.24) is 5.32 Å². The third-order valence-electron chi connectivity index (χ3n) is 3.76. The molecule has 0 aliphatic carbocycles. The van der Waals surface area contributed by atoms with Crippen LogP contribution in [-0.2, 0) is 4.79 Å². The summed E-state index contributed by atoms with van der Waals surface area (Å²) < 4.78 is 10.6. The van der Waals surface area contributed by atoms with Crippen molar-refractivity contribution in [2.45, 2.75) is 6.92 Å².